The molecule has 6 heteroatoms. The van der Waals surface area contributed by atoms with E-state index in [0.717, 1.165) is 11.3 Å². The quantitative estimate of drug-likeness (QED) is 0.535. The van der Waals surface area contributed by atoms with Gasteiger partial charge < -0.3 is 28.4 Å². The first-order valence-electron chi connectivity index (χ1n) is 4.36. The van der Waals surface area contributed by atoms with Crippen molar-refractivity contribution in [2.45, 2.75) is 0 Å². The fourth-order valence-electron chi connectivity index (χ4n) is 1.17. The highest BCUT2D eigenvalue weighted by Gasteiger charge is 2.02. The Labute approximate surface area is 108 Å². The van der Waals surface area contributed by atoms with E-state index in [2.05, 4.69) is 9.98 Å². The van der Waals surface area contributed by atoms with Gasteiger partial charge in [0.25, 0.3) is 0 Å². The molecule has 0 unspecified atom stereocenters. The maximum atomic E-state index is 5.27. The van der Waals surface area contributed by atoms with E-state index in [0.29, 0.717) is 5.13 Å². The van der Waals surface area contributed by atoms with Gasteiger partial charge >= 0.3 is 0 Å². The molecule has 84 valence electrons. The molecule has 16 heavy (non-hydrogen) atoms. The molecule has 0 amide bonds. The summed E-state index contributed by atoms with van der Waals surface area (Å²) < 4.78 is 0. The van der Waals surface area contributed by atoms with Gasteiger partial charge in [0.15, 0.2) is 5.96 Å². The number of nitrogens with two attached hydrogens (primary N) is 2. The van der Waals surface area contributed by atoms with Gasteiger partial charge in [0.2, 0.25) is 5.13 Å². The zero-order valence-electron chi connectivity index (χ0n) is 8.30. The van der Waals surface area contributed by atoms with Crippen LogP contribution in [-0.2, 0) is 0 Å². The van der Waals surface area contributed by atoms with Crippen molar-refractivity contribution >= 4 is 22.4 Å². The second-order valence-corrected chi connectivity index (χ2v) is 3.75. The van der Waals surface area contributed by atoms with Gasteiger partial charge in [-0.3, -0.25) is 0 Å². The van der Waals surface area contributed by atoms with Crippen LogP contribution in [0.4, 0.5) is 5.13 Å². The molecule has 2 aromatic rings. The average molecular weight is 298 g/mol. The largest absolute Gasteiger partial charge is 1.00 e. The van der Waals surface area contributed by atoms with Crippen molar-refractivity contribution in [1.29, 1.82) is 0 Å². The lowest BCUT2D eigenvalue weighted by Gasteiger charge is -1.93. The number of guanidine groups is 1. The lowest BCUT2D eigenvalue weighted by Crippen LogP contribution is -3.00. The minimum atomic E-state index is 0. The highest BCUT2D eigenvalue weighted by atomic mass is 79.9. The lowest BCUT2D eigenvalue weighted by atomic mass is 10.2. The number of benzene rings is 1. The molecule has 0 radical (unpaired) electrons. The molecule has 0 aliphatic rings. The van der Waals surface area contributed by atoms with Crippen molar-refractivity contribution < 1.29 is 17.0 Å². The summed E-state index contributed by atoms with van der Waals surface area (Å²) in [4.78, 5) is 8.18. The average Bonchev–Trinajstić information content (AvgIpc) is 2.67. The van der Waals surface area contributed by atoms with E-state index in [1.165, 1.54) is 11.3 Å². The van der Waals surface area contributed by atoms with Crippen LogP contribution in [0.2, 0.25) is 0 Å². The first-order valence-corrected chi connectivity index (χ1v) is 5.24. The van der Waals surface area contributed by atoms with Crippen LogP contribution in [0.5, 0.6) is 0 Å². The van der Waals surface area contributed by atoms with Crippen molar-refractivity contribution in [2.75, 3.05) is 0 Å². The number of aliphatic imine (C=N–C) groups is 1. The summed E-state index contributed by atoms with van der Waals surface area (Å²) in [5.41, 5.74) is 12.5. The Bertz CT molecular complexity index is 477. The normalized spacial score (nSPS) is 9.25. The van der Waals surface area contributed by atoms with E-state index < -0.39 is 0 Å². The Morgan fingerprint density at radius 3 is 2.50 bits per heavy atom. The third kappa shape index (κ3) is 3.04. The molecule has 1 heterocycles. The monoisotopic (exact) mass is 297 g/mol. The van der Waals surface area contributed by atoms with Crippen molar-refractivity contribution in [1.82, 2.24) is 4.98 Å². The summed E-state index contributed by atoms with van der Waals surface area (Å²) in [6, 6.07) is 9.89. The first kappa shape index (κ1) is 12.7. The standard InChI is InChI=1S/C10H10N4S.BrH/c11-9(12)14-10-13-8(6-15-10)7-4-2-1-3-5-7;/h1-6H,(H4,11,12,13,14);1H/p-1. The minimum absolute atomic E-state index is 0. The molecule has 0 aliphatic heterocycles. The molecule has 1 aromatic heterocycles. The van der Waals surface area contributed by atoms with E-state index in [9.17, 15) is 0 Å². The third-order valence-corrected chi connectivity index (χ3v) is 2.52. The van der Waals surface area contributed by atoms with Crippen LogP contribution in [0.25, 0.3) is 11.3 Å². The van der Waals surface area contributed by atoms with Crippen LogP contribution in [0.1, 0.15) is 0 Å². The molecule has 0 atom stereocenters. The number of hydrogen-bond acceptors (Lipinski definition) is 3. The number of hydrogen-bond donors (Lipinski definition) is 2. The highest BCUT2D eigenvalue weighted by molar-refractivity contribution is 7.13. The van der Waals surface area contributed by atoms with Gasteiger partial charge in [0, 0.05) is 10.9 Å². The van der Waals surface area contributed by atoms with Crippen molar-refractivity contribution in [3.05, 3.63) is 35.7 Å². The Morgan fingerprint density at radius 1 is 1.19 bits per heavy atom. The van der Waals surface area contributed by atoms with Crippen LogP contribution < -0.4 is 28.4 Å². The van der Waals surface area contributed by atoms with Crippen LogP contribution in [0, 0.1) is 0 Å². The number of thiazole rings is 1. The lowest BCUT2D eigenvalue weighted by molar-refractivity contribution is -0.00000334. The van der Waals surface area contributed by atoms with Crippen molar-refractivity contribution in [2.24, 2.45) is 16.5 Å². The number of halogens is 1. The van der Waals surface area contributed by atoms with E-state index in [4.69, 9.17) is 11.5 Å². The number of nitrogens with zero attached hydrogens (tertiary/aromatic N) is 2. The molecule has 0 fully saturated rings. The van der Waals surface area contributed by atoms with Crippen LogP contribution in [0.15, 0.2) is 40.7 Å². The summed E-state index contributed by atoms with van der Waals surface area (Å²) in [5, 5.41) is 2.51. The van der Waals surface area contributed by atoms with E-state index in [1.54, 1.807) is 0 Å². The SMILES string of the molecule is NC(N)=Nc1nc(-c2ccccc2)cs1.[Br-]. The highest BCUT2D eigenvalue weighted by Crippen LogP contribution is 2.26. The van der Waals surface area contributed by atoms with E-state index in [1.807, 2.05) is 35.7 Å². The Balaban J connectivity index is 0.00000128. The second kappa shape index (κ2) is 5.62. The maximum Gasteiger partial charge on any atom is 0.212 e. The van der Waals surface area contributed by atoms with Crippen LogP contribution in [0.3, 0.4) is 0 Å². The molecule has 4 N–H and O–H groups in total. The summed E-state index contributed by atoms with van der Waals surface area (Å²) in [5.74, 6) is 0.0314. The van der Waals surface area contributed by atoms with Gasteiger partial charge in [-0.25, -0.2) is 4.98 Å². The summed E-state index contributed by atoms with van der Waals surface area (Å²) >= 11 is 1.41. The topological polar surface area (TPSA) is 77.3 Å². The Hall–Kier alpha value is -1.40. The smallest absolute Gasteiger partial charge is 0.212 e. The summed E-state index contributed by atoms with van der Waals surface area (Å²) in [6.07, 6.45) is 0. The molecular formula is C10H10BrN4S-. The van der Waals surface area contributed by atoms with Crippen molar-refractivity contribution in [3.63, 3.8) is 0 Å². The zero-order valence-corrected chi connectivity index (χ0v) is 10.7. The minimum Gasteiger partial charge on any atom is -1.00 e. The zero-order chi connectivity index (χ0) is 10.7. The van der Waals surface area contributed by atoms with Gasteiger partial charge in [-0.15, -0.1) is 11.3 Å². The van der Waals surface area contributed by atoms with E-state index >= 15 is 0 Å². The molecule has 0 bridgehead atoms. The van der Waals surface area contributed by atoms with Crippen molar-refractivity contribution in [3.8, 4) is 11.3 Å². The maximum absolute atomic E-state index is 5.27. The molecule has 0 saturated carbocycles. The fourth-order valence-corrected chi connectivity index (χ4v) is 1.88. The molecule has 1 aromatic carbocycles. The first-order chi connectivity index (χ1) is 7.25. The van der Waals surface area contributed by atoms with Gasteiger partial charge in [0.1, 0.15) is 0 Å². The van der Waals surface area contributed by atoms with Gasteiger partial charge in [-0.2, -0.15) is 4.99 Å². The molecular weight excluding hydrogens is 288 g/mol. The summed E-state index contributed by atoms with van der Waals surface area (Å²) in [7, 11) is 0. The predicted molar refractivity (Wildman–Crippen MR) is 63.0 cm³/mol. The van der Waals surface area contributed by atoms with E-state index in [-0.39, 0.29) is 22.9 Å². The molecule has 2 rings (SSSR count). The molecule has 0 saturated heterocycles. The second-order valence-electron chi connectivity index (χ2n) is 2.92. The molecule has 4 nitrogen and oxygen atoms in total. The Morgan fingerprint density at radius 2 is 1.88 bits per heavy atom. The summed E-state index contributed by atoms with van der Waals surface area (Å²) in [6.45, 7) is 0. The molecule has 0 aliphatic carbocycles. The number of rotatable bonds is 2. The molecule has 0 spiro atoms. The van der Waals surface area contributed by atoms with Gasteiger partial charge in [-0.1, -0.05) is 30.3 Å². The van der Waals surface area contributed by atoms with Gasteiger partial charge in [-0.05, 0) is 0 Å². The van der Waals surface area contributed by atoms with Gasteiger partial charge in [0.05, 0.1) is 5.69 Å². The fraction of sp³-hybridized carbons (Fsp3) is 0. The van der Waals surface area contributed by atoms with Crippen LogP contribution >= 0.6 is 11.3 Å². The number of aromatic nitrogens is 1. The Kier molecular flexibility index (Phi) is 4.45. The predicted octanol–water partition coefficient (Wildman–Crippen LogP) is -1.28. The van der Waals surface area contributed by atoms with Crippen LogP contribution in [-0.4, -0.2) is 10.9 Å². The third-order valence-electron chi connectivity index (χ3n) is 1.79.